The maximum absolute atomic E-state index is 12.9. The summed E-state index contributed by atoms with van der Waals surface area (Å²) in [6.45, 7) is 2.01. The largest absolute Gasteiger partial charge is 0.465 e. The van der Waals surface area contributed by atoms with Gasteiger partial charge in [0.15, 0.2) is 0 Å². The van der Waals surface area contributed by atoms with Crippen molar-refractivity contribution in [2.75, 3.05) is 17.7 Å². The summed E-state index contributed by atoms with van der Waals surface area (Å²) in [5.41, 5.74) is 1.73. The Morgan fingerprint density at radius 1 is 1.11 bits per heavy atom. The number of nitriles is 1. The van der Waals surface area contributed by atoms with Crippen LogP contribution in [0, 0.1) is 11.3 Å². The van der Waals surface area contributed by atoms with Crippen LogP contribution < -0.4 is 10.9 Å². The molecule has 0 aliphatic carbocycles. The van der Waals surface area contributed by atoms with E-state index in [1.54, 1.807) is 24.4 Å². The van der Waals surface area contributed by atoms with Crippen LogP contribution in [0.1, 0.15) is 11.9 Å². The summed E-state index contributed by atoms with van der Waals surface area (Å²) in [7, 11) is 0. The molecule has 5 aromatic rings. The lowest BCUT2D eigenvalue weighted by Crippen LogP contribution is -2.09. The molecule has 1 N–H and O–H groups in total. The van der Waals surface area contributed by atoms with E-state index in [4.69, 9.17) is 9.15 Å². The van der Waals surface area contributed by atoms with Crippen molar-refractivity contribution in [3.8, 4) is 17.3 Å². The smallest absolute Gasteiger partial charge is 0.345 e. The van der Waals surface area contributed by atoms with Crippen molar-refractivity contribution in [1.82, 2.24) is 4.98 Å². The Bertz CT molecular complexity index is 1770. The number of hydrogen-bond acceptors (Lipinski definition) is 9. The summed E-state index contributed by atoms with van der Waals surface area (Å²) in [5, 5.41) is 18.7. The summed E-state index contributed by atoms with van der Waals surface area (Å²) in [4.78, 5) is 29.6. The van der Waals surface area contributed by atoms with Gasteiger partial charge in [0.2, 0.25) is 0 Å². The van der Waals surface area contributed by atoms with E-state index in [-0.39, 0.29) is 23.9 Å². The van der Waals surface area contributed by atoms with Crippen molar-refractivity contribution >= 4 is 62.1 Å². The van der Waals surface area contributed by atoms with E-state index in [0.717, 1.165) is 33.6 Å². The van der Waals surface area contributed by atoms with Gasteiger partial charge in [-0.2, -0.15) is 5.26 Å². The number of carbonyl (C=O) groups is 1. The second-order valence-corrected chi connectivity index (χ2v) is 9.93. The van der Waals surface area contributed by atoms with E-state index >= 15 is 0 Å². The normalized spacial score (nSPS) is 11.7. The topological polar surface area (TPSA) is 105 Å². The minimum Gasteiger partial charge on any atom is -0.465 e. The van der Waals surface area contributed by atoms with Gasteiger partial charge in [0.1, 0.15) is 22.2 Å². The summed E-state index contributed by atoms with van der Waals surface area (Å²) in [6, 6.07) is 24.9. The van der Waals surface area contributed by atoms with E-state index in [9.17, 15) is 14.9 Å². The molecule has 0 radical (unpaired) electrons. The molecule has 0 aliphatic rings. The van der Waals surface area contributed by atoms with Crippen LogP contribution in [0.15, 0.2) is 92.4 Å². The molecule has 9 heteroatoms. The SMILES string of the molecule is CCOC(=O)CS/C(Nc1ccccc1)=C(\C#N)c1nc(-c2cc3c(ccc4ccccc43)oc2=O)cs1. The Labute approximate surface area is 226 Å². The van der Waals surface area contributed by atoms with Crippen LogP contribution >= 0.6 is 23.1 Å². The first-order valence-electron chi connectivity index (χ1n) is 11.7. The first-order chi connectivity index (χ1) is 18.6. The number of aromatic nitrogens is 1. The molecular weight excluding hydrogens is 518 g/mol. The molecule has 38 heavy (non-hydrogen) atoms. The second kappa shape index (κ2) is 11.3. The van der Waals surface area contributed by atoms with Crippen molar-refractivity contribution in [3.05, 3.63) is 98.6 Å². The lowest BCUT2D eigenvalue weighted by Gasteiger charge is -2.12. The van der Waals surface area contributed by atoms with Gasteiger partial charge in [-0.1, -0.05) is 60.3 Å². The number of para-hydroxylation sites is 1. The molecule has 2 heterocycles. The van der Waals surface area contributed by atoms with Crippen LogP contribution in [-0.2, 0) is 9.53 Å². The average Bonchev–Trinajstić information content (AvgIpc) is 3.42. The number of thioether (sulfide) groups is 1. The lowest BCUT2D eigenvalue weighted by atomic mass is 10.0. The van der Waals surface area contributed by atoms with Crippen LogP contribution in [0.4, 0.5) is 5.69 Å². The highest BCUT2D eigenvalue weighted by atomic mass is 32.2. The molecule has 0 saturated heterocycles. The number of allylic oxidation sites excluding steroid dienone is 1. The van der Waals surface area contributed by atoms with Crippen molar-refractivity contribution in [2.24, 2.45) is 0 Å². The molecule has 0 spiro atoms. The van der Waals surface area contributed by atoms with Crippen molar-refractivity contribution in [1.29, 1.82) is 5.26 Å². The van der Waals surface area contributed by atoms with E-state index in [1.165, 1.54) is 11.3 Å². The minimum atomic E-state index is -0.508. The highest BCUT2D eigenvalue weighted by Crippen LogP contribution is 2.33. The number of thiazole rings is 1. The first kappa shape index (κ1) is 25.3. The average molecular weight is 540 g/mol. The molecule has 0 fully saturated rings. The fourth-order valence-electron chi connectivity index (χ4n) is 3.92. The number of benzene rings is 3. The van der Waals surface area contributed by atoms with Gasteiger partial charge in [0.05, 0.1) is 28.6 Å². The molecule has 0 unspecified atom stereocenters. The zero-order chi connectivity index (χ0) is 26.5. The molecule has 7 nitrogen and oxygen atoms in total. The standard InChI is InChI=1S/C29H21N3O4S2/c1-2-35-26(33)17-38-27(31-19-9-4-3-5-10-19)23(15-30)28-32-24(16-37-28)22-14-21-20-11-7-6-8-18(20)12-13-25(21)36-29(22)34/h3-14,16,31H,2,17H2,1H3/b27-23+. The zero-order valence-electron chi connectivity index (χ0n) is 20.3. The lowest BCUT2D eigenvalue weighted by molar-refractivity contribution is -0.139. The Balaban J connectivity index is 1.56. The molecule has 0 bridgehead atoms. The predicted molar refractivity (Wildman–Crippen MR) is 153 cm³/mol. The van der Waals surface area contributed by atoms with Gasteiger partial charge in [-0.3, -0.25) is 4.79 Å². The number of rotatable bonds is 8. The van der Waals surface area contributed by atoms with Gasteiger partial charge in [0, 0.05) is 16.5 Å². The van der Waals surface area contributed by atoms with Gasteiger partial charge in [0.25, 0.3) is 0 Å². The number of esters is 1. The van der Waals surface area contributed by atoms with E-state index in [0.29, 0.717) is 26.9 Å². The Morgan fingerprint density at radius 2 is 1.89 bits per heavy atom. The Morgan fingerprint density at radius 3 is 2.68 bits per heavy atom. The number of hydrogen-bond donors (Lipinski definition) is 1. The van der Waals surface area contributed by atoms with Crippen LogP contribution in [0.2, 0.25) is 0 Å². The molecule has 188 valence electrons. The molecule has 3 aromatic carbocycles. The molecule has 0 aliphatic heterocycles. The number of carbonyl (C=O) groups excluding carboxylic acids is 1. The fourth-order valence-corrected chi connectivity index (χ4v) is 5.62. The number of nitrogens with zero attached hydrogens (tertiary/aromatic N) is 2. The third-order valence-electron chi connectivity index (χ3n) is 5.65. The summed E-state index contributed by atoms with van der Waals surface area (Å²) in [6.07, 6.45) is 0. The van der Waals surface area contributed by atoms with Crippen molar-refractivity contribution in [3.63, 3.8) is 0 Å². The van der Waals surface area contributed by atoms with Gasteiger partial charge in [-0.15, -0.1) is 11.3 Å². The maximum Gasteiger partial charge on any atom is 0.345 e. The summed E-state index contributed by atoms with van der Waals surface area (Å²) in [5.74, 6) is -0.365. The monoisotopic (exact) mass is 539 g/mol. The first-order valence-corrected chi connectivity index (χ1v) is 13.6. The van der Waals surface area contributed by atoms with Crippen molar-refractivity contribution in [2.45, 2.75) is 6.92 Å². The summed E-state index contributed by atoms with van der Waals surface area (Å²) >= 11 is 2.40. The van der Waals surface area contributed by atoms with Crippen LogP contribution in [0.25, 0.3) is 38.6 Å². The predicted octanol–water partition coefficient (Wildman–Crippen LogP) is 6.67. The molecule has 0 saturated carbocycles. The van der Waals surface area contributed by atoms with Gasteiger partial charge in [-0.05, 0) is 42.0 Å². The molecule has 2 aromatic heterocycles. The van der Waals surface area contributed by atoms with E-state index in [1.807, 2.05) is 60.7 Å². The van der Waals surface area contributed by atoms with Gasteiger partial charge in [-0.25, -0.2) is 9.78 Å². The number of nitrogens with one attached hydrogen (secondary N) is 1. The van der Waals surface area contributed by atoms with Crippen LogP contribution in [0.3, 0.4) is 0 Å². The number of fused-ring (bicyclic) bond motifs is 3. The molecular formula is C29H21N3O4S2. The molecule has 0 atom stereocenters. The zero-order valence-corrected chi connectivity index (χ0v) is 21.9. The van der Waals surface area contributed by atoms with Gasteiger partial charge < -0.3 is 14.5 Å². The summed E-state index contributed by atoms with van der Waals surface area (Å²) < 4.78 is 10.7. The Hall–Kier alpha value is -4.39. The van der Waals surface area contributed by atoms with E-state index in [2.05, 4.69) is 16.4 Å². The van der Waals surface area contributed by atoms with Crippen molar-refractivity contribution < 1.29 is 13.9 Å². The molecule has 0 amide bonds. The second-order valence-electron chi connectivity index (χ2n) is 8.08. The third kappa shape index (κ3) is 5.32. The molecule has 5 rings (SSSR count). The number of anilines is 1. The highest BCUT2D eigenvalue weighted by Gasteiger charge is 2.19. The third-order valence-corrected chi connectivity index (χ3v) is 7.48. The van der Waals surface area contributed by atoms with Crippen LogP contribution in [0.5, 0.6) is 0 Å². The van der Waals surface area contributed by atoms with E-state index < -0.39 is 5.63 Å². The quantitative estimate of drug-likeness (QED) is 0.101. The van der Waals surface area contributed by atoms with Gasteiger partial charge >= 0.3 is 11.6 Å². The number of ether oxygens (including phenoxy) is 1. The Kier molecular flexibility index (Phi) is 7.54. The van der Waals surface area contributed by atoms with Crippen LogP contribution in [-0.4, -0.2) is 23.3 Å². The maximum atomic E-state index is 12.9. The highest BCUT2D eigenvalue weighted by molar-refractivity contribution is 8.04. The minimum absolute atomic E-state index is 0.0216. The fraction of sp³-hybridized carbons (Fsp3) is 0.103.